The Morgan fingerprint density at radius 2 is 1.72 bits per heavy atom. The zero-order valence-corrected chi connectivity index (χ0v) is 22.8. The summed E-state index contributed by atoms with van der Waals surface area (Å²) < 4.78 is 31.4. The number of hydrogen-bond donors (Lipinski definition) is 1. The number of ether oxygens (including phenoxy) is 1. The topological polar surface area (TPSA) is 96.0 Å². The van der Waals surface area contributed by atoms with Crippen LogP contribution in [-0.2, 0) is 26.2 Å². The number of amides is 2. The highest BCUT2D eigenvalue weighted by atomic mass is 32.2. The zero-order chi connectivity index (χ0) is 26.7. The molecule has 2 rings (SSSR count). The highest BCUT2D eigenvalue weighted by Gasteiger charge is 2.29. The smallest absolute Gasteiger partial charge is 0.242 e. The molecule has 0 bridgehead atoms. The first-order valence-electron chi connectivity index (χ1n) is 12.4. The van der Waals surface area contributed by atoms with Gasteiger partial charge in [-0.15, -0.1) is 0 Å². The lowest BCUT2D eigenvalue weighted by atomic mass is 10.1. The maximum atomic E-state index is 13.5. The van der Waals surface area contributed by atoms with Crippen LogP contribution in [0.25, 0.3) is 0 Å². The number of nitrogens with zero attached hydrogens (tertiary/aromatic N) is 2. The van der Waals surface area contributed by atoms with Gasteiger partial charge in [0.2, 0.25) is 21.8 Å². The largest absolute Gasteiger partial charge is 0.497 e. The minimum Gasteiger partial charge on any atom is -0.497 e. The molecule has 2 amide bonds. The maximum Gasteiger partial charge on any atom is 0.242 e. The highest BCUT2D eigenvalue weighted by molar-refractivity contribution is 7.92. The highest BCUT2D eigenvalue weighted by Crippen LogP contribution is 2.23. The molecular formula is C27H39N3O5S. The number of sulfonamides is 1. The predicted octanol–water partition coefficient (Wildman–Crippen LogP) is 3.88. The molecule has 0 saturated heterocycles. The first-order valence-corrected chi connectivity index (χ1v) is 14.2. The fourth-order valence-corrected chi connectivity index (χ4v) is 4.97. The Hall–Kier alpha value is -3.07. The molecule has 2 aromatic rings. The summed E-state index contributed by atoms with van der Waals surface area (Å²) in [4.78, 5) is 28.0. The fourth-order valence-electron chi connectivity index (χ4n) is 4.01. The molecule has 0 spiro atoms. The van der Waals surface area contributed by atoms with E-state index in [4.69, 9.17) is 4.74 Å². The summed E-state index contributed by atoms with van der Waals surface area (Å²) in [6.07, 6.45) is 2.87. The van der Waals surface area contributed by atoms with Crippen molar-refractivity contribution in [3.63, 3.8) is 0 Å². The predicted molar refractivity (Wildman–Crippen MR) is 144 cm³/mol. The molecule has 8 nitrogen and oxygen atoms in total. The number of aryl methyl sites for hydroxylation is 1. The van der Waals surface area contributed by atoms with Crippen LogP contribution in [0.15, 0.2) is 48.5 Å². The van der Waals surface area contributed by atoms with Crippen LogP contribution in [0, 0.1) is 6.92 Å². The SMILES string of the molecule is CCCNC(=O)C(CC)N(Cc1ccccc1C)C(=O)CCCN(c1ccc(OC)cc1)S(C)(=O)=O. The molecule has 0 radical (unpaired) electrons. The van der Waals surface area contributed by atoms with Crippen LogP contribution in [0.2, 0.25) is 0 Å². The molecule has 36 heavy (non-hydrogen) atoms. The Balaban J connectivity index is 2.20. The molecule has 198 valence electrons. The molecule has 1 unspecified atom stereocenters. The van der Waals surface area contributed by atoms with Crippen molar-refractivity contribution in [2.24, 2.45) is 0 Å². The van der Waals surface area contributed by atoms with E-state index in [2.05, 4.69) is 5.32 Å². The molecule has 9 heteroatoms. The monoisotopic (exact) mass is 517 g/mol. The van der Waals surface area contributed by atoms with Gasteiger partial charge in [-0.3, -0.25) is 13.9 Å². The van der Waals surface area contributed by atoms with Crippen LogP contribution in [0.4, 0.5) is 5.69 Å². The minimum atomic E-state index is -3.55. The van der Waals surface area contributed by atoms with Crippen LogP contribution in [0.1, 0.15) is 50.7 Å². The van der Waals surface area contributed by atoms with Gasteiger partial charge in [0.05, 0.1) is 19.1 Å². The summed E-state index contributed by atoms with van der Waals surface area (Å²) in [7, 11) is -2.01. The van der Waals surface area contributed by atoms with E-state index in [1.165, 1.54) is 4.31 Å². The average molecular weight is 518 g/mol. The molecule has 1 atom stereocenters. The lowest BCUT2D eigenvalue weighted by molar-refractivity contribution is -0.141. The van der Waals surface area contributed by atoms with Crippen LogP contribution < -0.4 is 14.4 Å². The van der Waals surface area contributed by atoms with Gasteiger partial charge in [-0.25, -0.2) is 8.42 Å². The van der Waals surface area contributed by atoms with Gasteiger partial charge in [0.15, 0.2) is 0 Å². The fraction of sp³-hybridized carbons (Fsp3) is 0.481. The molecule has 0 fully saturated rings. The number of rotatable bonds is 14. The Morgan fingerprint density at radius 1 is 1.06 bits per heavy atom. The van der Waals surface area contributed by atoms with E-state index in [-0.39, 0.29) is 24.8 Å². The number of nitrogens with one attached hydrogen (secondary N) is 1. The molecule has 2 aromatic carbocycles. The van der Waals surface area contributed by atoms with Crippen molar-refractivity contribution < 1.29 is 22.7 Å². The number of carbonyl (C=O) groups is 2. The molecule has 1 N–H and O–H groups in total. The quantitative estimate of drug-likeness (QED) is 0.410. The second-order valence-electron chi connectivity index (χ2n) is 8.80. The van der Waals surface area contributed by atoms with Crippen LogP contribution in [0.5, 0.6) is 5.75 Å². The normalized spacial score (nSPS) is 12.0. The third-order valence-corrected chi connectivity index (χ3v) is 7.24. The summed E-state index contributed by atoms with van der Waals surface area (Å²) >= 11 is 0. The van der Waals surface area contributed by atoms with E-state index in [0.29, 0.717) is 37.4 Å². The van der Waals surface area contributed by atoms with Gasteiger partial charge in [-0.1, -0.05) is 38.1 Å². The van der Waals surface area contributed by atoms with Crippen LogP contribution in [0.3, 0.4) is 0 Å². The lowest BCUT2D eigenvalue weighted by Crippen LogP contribution is -2.49. The second kappa shape index (κ2) is 13.9. The van der Waals surface area contributed by atoms with Gasteiger partial charge < -0.3 is 15.0 Å². The number of hydrogen-bond acceptors (Lipinski definition) is 5. The van der Waals surface area contributed by atoms with E-state index < -0.39 is 16.1 Å². The molecule has 0 aliphatic heterocycles. The summed E-state index contributed by atoms with van der Waals surface area (Å²) in [5, 5.41) is 2.91. The molecule has 0 aliphatic rings. The van der Waals surface area contributed by atoms with Crippen molar-refractivity contribution in [1.29, 1.82) is 0 Å². The van der Waals surface area contributed by atoms with E-state index >= 15 is 0 Å². The van der Waals surface area contributed by atoms with Gasteiger partial charge in [0.1, 0.15) is 11.8 Å². The van der Waals surface area contributed by atoms with Crippen molar-refractivity contribution >= 4 is 27.5 Å². The van der Waals surface area contributed by atoms with E-state index in [0.717, 1.165) is 23.8 Å². The molecule has 0 aliphatic carbocycles. The average Bonchev–Trinajstić information content (AvgIpc) is 2.85. The summed E-state index contributed by atoms with van der Waals surface area (Å²) in [6, 6.07) is 13.9. The van der Waals surface area contributed by atoms with Crippen molar-refractivity contribution in [3.05, 3.63) is 59.7 Å². The third kappa shape index (κ3) is 8.26. The van der Waals surface area contributed by atoms with Gasteiger partial charge in [-0.2, -0.15) is 0 Å². The van der Waals surface area contributed by atoms with Crippen LogP contribution in [-0.4, -0.2) is 57.6 Å². The van der Waals surface area contributed by atoms with Crippen molar-refractivity contribution in [3.8, 4) is 5.75 Å². The van der Waals surface area contributed by atoms with Crippen molar-refractivity contribution in [1.82, 2.24) is 10.2 Å². The molecule has 0 saturated carbocycles. The summed E-state index contributed by atoms with van der Waals surface area (Å²) in [6.45, 7) is 6.87. The Bertz CT molecular complexity index is 1100. The number of methoxy groups -OCH3 is 1. The van der Waals surface area contributed by atoms with Gasteiger partial charge >= 0.3 is 0 Å². The van der Waals surface area contributed by atoms with Crippen LogP contribution >= 0.6 is 0 Å². The standard InChI is InChI=1S/C27H39N3O5S/c1-6-18-28-27(32)25(7-2)29(20-22-12-9-8-11-21(22)3)26(31)13-10-19-30(36(5,33)34)23-14-16-24(35-4)17-15-23/h8-9,11-12,14-17,25H,6-7,10,13,18-20H2,1-5H3,(H,28,32). The van der Waals surface area contributed by atoms with Crippen molar-refractivity contribution in [2.75, 3.05) is 30.8 Å². The summed E-state index contributed by atoms with van der Waals surface area (Å²) in [5.74, 6) is 0.276. The minimum absolute atomic E-state index is 0.117. The Kier molecular flexibility index (Phi) is 11.2. The Morgan fingerprint density at radius 3 is 2.28 bits per heavy atom. The Labute approximate surface area is 215 Å². The van der Waals surface area contributed by atoms with Gasteiger partial charge in [0, 0.05) is 26.1 Å². The molecular weight excluding hydrogens is 478 g/mol. The van der Waals surface area contributed by atoms with E-state index in [1.807, 2.05) is 45.0 Å². The van der Waals surface area contributed by atoms with Gasteiger partial charge in [0.25, 0.3) is 0 Å². The second-order valence-corrected chi connectivity index (χ2v) is 10.7. The summed E-state index contributed by atoms with van der Waals surface area (Å²) in [5.41, 5.74) is 2.53. The molecule has 0 heterocycles. The molecule has 0 aromatic heterocycles. The first-order chi connectivity index (χ1) is 17.1. The van der Waals surface area contributed by atoms with Crippen molar-refractivity contribution in [2.45, 2.75) is 59.0 Å². The number of benzene rings is 2. The lowest BCUT2D eigenvalue weighted by Gasteiger charge is -2.31. The van der Waals surface area contributed by atoms with E-state index in [9.17, 15) is 18.0 Å². The van der Waals surface area contributed by atoms with E-state index in [1.54, 1.807) is 36.3 Å². The van der Waals surface area contributed by atoms with Gasteiger partial charge in [-0.05, 0) is 61.6 Å². The first kappa shape index (κ1) is 29.2. The number of anilines is 1. The zero-order valence-electron chi connectivity index (χ0n) is 22.0. The third-order valence-electron chi connectivity index (χ3n) is 6.05. The maximum absolute atomic E-state index is 13.5. The number of carbonyl (C=O) groups excluding carboxylic acids is 2.